The summed E-state index contributed by atoms with van der Waals surface area (Å²) in [4.78, 5) is 12.4. The van der Waals surface area contributed by atoms with Gasteiger partial charge in [-0.3, -0.25) is 4.79 Å². The number of carbonyl (C=O) groups is 1. The average molecular weight is 335 g/mol. The maximum Gasteiger partial charge on any atom is 0.416 e. The molecular weight excluding hydrogens is 315 g/mol. The van der Waals surface area contributed by atoms with Crippen molar-refractivity contribution in [3.63, 3.8) is 0 Å². The van der Waals surface area contributed by atoms with Crippen LogP contribution in [0.2, 0.25) is 0 Å². The third-order valence-corrected chi connectivity index (χ3v) is 4.11. The number of benzene rings is 2. The van der Waals surface area contributed by atoms with Gasteiger partial charge in [0.15, 0.2) is 0 Å². The van der Waals surface area contributed by atoms with Crippen LogP contribution in [0.4, 0.5) is 13.2 Å². The fourth-order valence-electron chi connectivity index (χ4n) is 2.40. The van der Waals surface area contributed by atoms with Gasteiger partial charge >= 0.3 is 6.18 Å². The van der Waals surface area contributed by atoms with E-state index in [2.05, 4.69) is 5.32 Å². The molecule has 2 aromatic carbocycles. The smallest absolute Gasteiger partial charge is 0.343 e. The minimum Gasteiger partial charge on any atom is -0.343 e. The summed E-state index contributed by atoms with van der Waals surface area (Å²) in [6.45, 7) is 7.22. The zero-order chi connectivity index (χ0) is 18.1. The molecule has 0 atom stereocenters. The molecule has 0 spiro atoms. The van der Waals surface area contributed by atoms with E-state index < -0.39 is 17.3 Å². The first-order valence-electron chi connectivity index (χ1n) is 7.58. The van der Waals surface area contributed by atoms with E-state index in [1.54, 1.807) is 32.0 Å². The molecule has 0 aliphatic rings. The van der Waals surface area contributed by atoms with Crippen LogP contribution in [0.1, 0.15) is 46.5 Å². The highest BCUT2D eigenvalue weighted by molar-refractivity contribution is 5.95. The summed E-state index contributed by atoms with van der Waals surface area (Å²) in [6.07, 6.45) is -4.41. The lowest BCUT2D eigenvalue weighted by Gasteiger charge is -2.28. The molecule has 2 nitrogen and oxygen atoms in total. The Labute approximate surface area is 139 Å². The monoisotopic (exact) mass is 335 g/mol. The van der Waals surface area contributed by atoms with Crippen LogP contribution >= 0.6 is 0 Å². The van der Waals surface area contributed by atoms with Crippen LogP contribution in [0.5, 0.6) is 0 Å². The van der Waals surface area contributed by atoms with Crippen molar-refractivity contribution in [2.45, 2.75) is 39.4 Å². The van der Waals surface area contributed by atoms with E-state index in [0.29, 0.717) is 11.1 Å². The molecule has 0 bridgehead atoms. The van der Waals surface area contributed by atoms with Crippen molar-refractivity contribution in [1.82, 2.24) is 5.32 Å². The maximum atomic E-state index is 12.9. The Bertz CT molecular complexity index is 763. The number of nitrogens with one attached hydrogen (secondary N) is 1. The number of carbonyl (C=O) groups excluding carboxylic acids is 1. The lowest BCUT2D eigenvalue weighted by Crippen LogP contribution is -2.41. The molecule has 128 valence electrons. The van der Waals surface area contributed by atoms with E-state index in [0.717, 1.165) is 23.3 Å². The van der Waals surface area contributed by atoms with Gasteiger partial charge < -0.3 is 5.32 Å². The SMILES string of the molecule is Cc1ccc(C(=O)NC(C)(C)c2cccc(C(F)(F)F)c2)cc1C. The van der Waals surface area contributed by atoms with E-state index >= 15 is 0 Å². The van der Waals surface area contributed by atoms with Gasteiger partial charge in [-0.25, -0.2) is 0 Å². The van der Waals surface area contributed by atoms with Gasteiger partial charge in [0.05, 0.1) is 11.1 Å². The highest BCUT2D eigenvalue weighted by atomic mass is 19.4. The molecule has 0 aliphatic heterocycles. The number of hydrogen-bond donors (Lipinski definition) is 1. The third-order valence-electron chi connectivity index (χ3n) is 4.11. The first-order valence-corrected chi connectivity index (χ1v) is 7.58. The van der Waals surface area contributed by atoms with Crippen LogP contribution in [0.25, 0.3) is 0 Å². The summed E-state index contributed by atoms with van der Waals surface area (Å²) in [6, 6.07) is 10.3. The van der Waals surface area contributed by atoms with Crippen LogP contribution in [-0.4, -0.2) is 5.91 Å². The van der Waals surface area contributed by atoms with Gasteiger partial charge in [-0.1, -0.05) is 18.2 Å². The van der Waals surface area contributed by atoms with Crippen LogP contribution in [0, 0.1) is 13.8 Å². The Morgan fingerprint density at radius 3 is 2.12 bits per heavy atom. The molecular formula is C19H20F3NO. The van der Waals surface area contributed by atoms with E-state index in [1.807, 2.05) is 19.9 Å². The first kappa shape index (κ1) is 18.0. The molecule has 0 aromatic heterocycles. The summed E-state index contributed by atoms with van der Waals surface area (Å²) in [5.74, 6) is -0.319. The van der Waals surface area contributed by atoms with E-state index in [1.165, 1.54) is 6.07 Å². The standard InChI is InChI=1S/C19H20F3NO/c1-12-8-9-14(10-13(12)2)17(24)23-18(3,4)15-6-5-7-16(11-15)19(20,21)22/h5-11H,1-4H3,(H,23,24). The van der Waals surface area contributed by atoms with Crippen molar-refractivity contribution >= 4 is 5.91 Å². The number of rotatable bonds is 3. The summed E-state index contributed by atoms with van der Waals surface area (Å²) < 4.78 is 38.6. The van der Waals surface area contributed by atoms with Crippen molar-refractivity contribution < 1.29 is 18.0 Å². The van der Waals surface area contributed by atoms with Crippen molar-refractivity contribution in [1.29, 1.82) is 0 Å². The van der Waals surface area contributed by atoms with Crippen LogP contribution in [-0.2, 0) is 11.7 Å². The molecule has 0 saturated heterocycles. The molecule has 5 heteroatoms. The number of amides is 1. The summed E-state index contributed by atoms with van der Waals surface area (Å²) in [7, 11) is 0. The Morgan fingerprint density at radius 1 is 0.917 bits per heavy atom. The molecule has 0 radical (unpaired) electrons. The average Bonchev–Trinajstić information content (AvgIpc) is 2.49. The summed E-state index contributed by atoms with van der Waals surface area (Å²) >= 11 is 0. The zero-order valence-corrected chi connectivity index (χ0v) is 14.1. The number of alkyl halides is 3. The summed E-state index contributed by atoms with van der Waals surface area (Å²) in [5.41, 5.74) is 1.28. The number of hydrogen-bond acceptors (Lipinski definition) is 1. The molecule has 0 heterocycles. The number of aryl methyl sites for hydroxylation is 2. The van der Waals surface area contributed by atoms with E-state index in [-0.39, 0.29) is 5.91 Å². The third kappa shape index (κ3) is 3.96. The fraction of sp³-hybridized carbons (Fsp3) is 0.316. The Balaban J connectivity index is 2.27. The molecule has 1 amide bonds. The second-order valence-corrected chi connectivity index (χ2v) is 6.46. The largest absolute Gasteiger partial charge is 0.416 e. The minimum atomic E-state index is -4.41. The van der Waals surface area contributed by atoms with Gasteiger partial charge in [-0.2, -0.15) is 13.2 Å². The highest BCUT2D eigenvalue weighted by Gasteiger charge is 2.32. The second-order valence-electron chi connectivity index (χ2n) is 6.46. The topological polar surface area (TPSA) is 29.1 Å². The lowest BCUT2D eigenvalue weighted by molar-refractivity contribution is -0.137. The molecule has 24 heavy (non-hydrogen) atoms. The Hall–Kier alpha value is -2.30. The van der Waals surface area contributed by atoms with Crippen LogP contribution < -0.4 is 5.32 Å². The Morgan fingerprint density at radius 2 is 1.54 bits per heavy atom. The molecule has 2 rings (SSSR count). The fourth-order valence-corrected chi connectivity index (χ4v) is 2.40. The van der Waals surface area contributed by atoms with Crippen molar-refractivity contribution in [3.8, 4) is 0 Å². The number of halogens is 3. The molecule has 0 saturated carbocycles. The van der Waals surface area contributed by atoms with Crippen LogP contribution in [0.3, 0.4) is 0 Å². The molecule has 0 aliphatic carbocycles. The van der Waals surface area contributed by atoms with Crippen LogP contribution in [0.15, 0.2) is 42.5 Å². The van der Waals surface area contributed by atoms with Gasteiger partial charge in [0.2, 0.25) is 0 Å². The molecule has 0 unspecified atom stereocenters. The van der Waals surface area contributed by atoms with Crippen molar-refractivity contribution in [2.75, 3.05) is 0 Å². The molecule has 2 aromatic rings. The summed E-state index contributed by atoms with van der Waals surface area (Å²) in [5, 5.41) is 2.81. The van der Waals surface area contributed by atoms with E-state index in [9.17, 15) is 18.0 Å². The molecule has 0 fully saturated rings. The normalized spacial score (nSPS) is 12.1. The second kappa shape index (κ2) is 6.30. The predicted octanol–water partition coefficient (Wildman–Crippen LogP) is 4.99. The first-order chi connectivity index (χ1) is 11.0. The minimum absolute atomic E-state index is 0.319. The van der Waals surface area contributed by atoms with Gasteiger partial charge in [-0.05, 0) is 68.7 Å². The van der Waals surface area contributed by atoms with E-state index in [4.69, 9.17) is 0 Å². The van der Waals surface area contributed by atoms with Crippen molar-refractivity contribution in [3.05, 3.63) is 70.3 Å². The molecule has 1 N–H and O–H groups in total. The van der Waals surface area contributed by atoms with Gasteiger partial charge in [0, 0.05) is 5.56 Å². The Kier molecular flexibility index (Phi) is 4.74. The predicted molar refractivity (Wildman–Crippen MR) is 87.9 cm³/mol. The van der Waals surface area contributed by atoms with Gasteiger partial charge in [-0.15, -0.1) is 0 Å². The maximum absolute atomic E-state index is 12.9. The highest BCUT2D eigenvalue weighted by Crippen LogP contribution is 2.32. The zero-order valence-electron chi connectivity index (χ0n) is 14.1. The lowest BCUT2D eigenvalue weighted by atomic mass is 9.92. The van der Waals surface area contributed by atoms with Gasteiger partial charge in [0.1, 0.15) is 0 Å². The van der Waals surface area contributed by atoms with Gasteiger partial charge in [0.25, 0.3) is 5.91 Å². The quantitative estimate of drug-likeness (QED) is 0.841. The van der Waals surface area contributed by atoms with Crippen molar-refractivity contribution in [2.24, 2.45) is 0 Å².